The fraction of sp³-hybridized carbons (Fsp3) is 0.393. The summed E-state index contributed by atoms with van der Waals surface area (Å²) in [6.45, 7) is 8.24. The zero-order chi connectivity index (χ0) is 27.4. The van der Waals surface area contributed by atoms with Crippen LogP contribution in [0.3, 0.4) is 0 Å². The molecule has 1 aromatic heterocycles. The van der Waals surface area contributed by atoms with Gasteiger partial charge in [0.15, 0.2) is 5.13 Å². The summed E-state index contributed by atoms with van der Waals surface area (Å²) in [7, 11) is 3.71. The van der Waals surface area contributed by atoms with E-state index in [1.807, 2.05) is 43.3 Å². The molecule has 3 heterocycles. The van der Waals surface area contributed by atoms with Crippen LogP contribution in [0.25, 0.3) is 0 Å². The number of nitrogens with zero attached hydrogens (tertiary/aromatic N) is 4. The second-order valence-corrected chi connectivity index (χ2v) is 12.0. The summed E-state index contributed by atoms with van der Waals surface area (Å²) < 4.78 is 11.8. The van der Waals surface area contributed by atoms with E-state index in [1.165, 1.54) is 23.1 Å². The summed E-state index contributed by atoms with van der Waals surface area (Å²) >= 11 is 2.92. The van der Waals surface area contributed by atoms with Gasteiger partial charge in [-0.15, -0.1) is 0 Å². The quantitative estimate of drug-likeness (QED) is 0.457. The molecule has 1 N–H and O–H groups in total. The van der Waals surface area contributed by atoms with Crippen molar-refractivity contribution in [2.75, 3.05) is 76.9 Å². The minimum absolute atomic E-state index is 0.0621. The van der Waals surface area contributed by atoms with Gasteiger partial charge in [0.25, 0.3) is 11.8 Å². The highest BCUT2D eigenvalue weighted by atomic mass is 32.2. The molecule has 5 rings (SSSR count). The van der Waals surface area contributed by atoms with E-state index in [4.69, 9.17) is 9.47 Å². The molecule has 0 bridgehead atoms. The number of carbonyl (C=O) groups is 2. The molecule has 3 aromatic rings. The van der Waals surface area contributed by atoms with E-state index in [0.29, 0.717) is 48.3 Å². The van der Waals surface area contributed by atoms with Crippen LogP contribution in [0.5, 0.6) is 5.75 Å². The van der Waals surface area contributed by atoms with Gasteiger partial charge in [-0.2, -0.15) is 0 Å². The lowest BCUT2D eigenvalue weighted by Crippen LogP contribution is -2.44. The van der Waals surface area contributed by atoms with E-state index in [2.05, 4.69) is 27.1 Å². The van der Waals surface area contributed by atoms with Crippen molar-refractivity contribution in [3.8, 4) is 5.75 Å². The second kappa shape index (κ2) is 12.4. The monoisotopic (exact) mass is 567 g/mol. The number of morpholine rings is 1. The van der Waals surface area contributed by atoms with Gasteiger partial charge in [0, 0.05) is 55.4 Å². The highest BCUT2D eigenvalue weighted by Crippen LogP contribution is 2.38. The molecule has 2 fully saturated rings. The average Bonchev–Trinajstić information content (AvgIpc) is 3.41. The number of rotatable bonds is 7. The van der Waals surface area contributed by atoms with Crippen LogP contribution in [0, 0.1) is 6.92 Å². The van der Waals surface area contributed by atoms with Crippen LogP contribution in [0.15, 0.2) is 51.7 Å². The summed E-state index contributed by atoms with van der Waals surface area (Å²) in [5.74, 6) is 0.307. The summed E-state index contributed by atoms with van der Waals surface area (Å²) in [5.41, 5.74) is 3.25. The molecule has 0 saturated carbocycles. The predicted molar refractivity (Wildman–Crippen MR) is 155 cm³/mol. The third kappa shape index (κ3) is 6.55. The fourth-order valence-corrected chi connectivity index (χ4v) is 6.51. The lowest BCUT2D eigenvalue weighted by molar-refractivity contribution is 0.0300. The van der Waals surface area contributed by atoms with Crippen molar-refractivity contribution >= 4 is 45.7 Å². The van der Waals surface area contributed by atoms with E-state index in [-0.39, 0.29) is 11.8 Å². The number of amides is 2. The highest BCUT2D eigenvalue weighted by molar-refractivity contribution is 8.01. The van der Waals surface area contributed by atoms with Gasteiger partial charge >= 0.3 is 0 Å². The number of aromatic nitrogens is 1. The van der Waals surface area contributed by atoms with E-state index in [9.17, 15) is 9.59 Å². The zero-order valence-corrected chi connectivity index (χ0v) is 24.1. The van der Waals surface area contributed by atoms with Crippen molar-refractivity contribution in [3.05, 3.63) is 59.3 Å². The Bertz CT molecular complexity index is 1320. The largest absolute Gasteiger partial charge is 0.496 e. The van der Waals surface area contributed by atoms with Crippen molar-refractivity contribution in [2.45, 2.75) is 16.0 Å². The number of hydrogen-bond donors (Lipinski definition) is 1. The first kappa shape index (κ1) is 27.4. The summed E-state index contributed by atoms with van der Waals surface area (Å²) in [5, 5.41) is 3.45. The Morgan fingerprint density at radius 2 is 1.77 bits per heavy atom. The number of anilines is 2. The molecular weight excluding hydrogens is 534 g/mol. The molecule has 2 saturated heterocycles. The number of likely N-dealkylation sites (N-methyl/N-ethyl adjacent to an activating group) is 1. The molecule has 206 valence electrons. The van der Waals surface area contributed by atoms with Crippen molar-refractivity contribution in [3.63, 3.8) is 0 Å². The summed E-state index contributed by atoms with van der Waals surface area (Å²) in [6, 6.07) is 11.5. The maximum absolute atomic E-state index is 13.2. The Morgan fingerprint density at radius 1 is 1.05 bits per heavy atom. The van der Waals surface area contributed by atoms with Gasteiger partial charge in [0.2, 0.25) is 0 Å². The number of nitrogens with one attached hydrogen (secondary N) is 1. The first-order valence-electron chi connectivity index (χ1n) is 13.0. The van der Waals surface area contributed by atoms with Crippen molar-refractivity contribution in [1.29, 1.82) is 0 Å². The van der Waals surface area contributed by atoms with Gasteiger partial charge in [0.1, 0.15) is 5.75 Å². The van der Waals surface area contributed by atoms with Crippen LogP contribution in [0.2, 0.25) is 0 Å². The molecule has 0 aliphatic carbocycles. The predicted octanol–water partition coefficient (Wildman–Crippen LogP) is 4.09. The van der Waals surface area contributed by atoms with Crippen LogP contribution in [-0.4, -0.2) is 93.2 Å². The molecule has 0 spiro atoms. The molecule has 0 unspecified atom stereocenters. The van der Waals surface area contributed by atoms with Gasteiger partial charge in [-0.1, -0.05) is 23.1 Å². The molecule has 2 aromatic carbocycles. The highest BCUT2D eigenvalue weighted by Gasteiger charge is 2.23. The summed E-state index contributed by atoms with van der Waals surface area (Å²) in [6.07, 6.45) is 1.74. The van der Waals surface area contributed by atoms with E-state index < -0.39 is 0 Å². The number of carbonyl (C=O) groups excluding carboxylic acids is 2. The number of piperazine rings is 1. The number of thiazole rings is 1. The van der Waals surface area contributed by atoms with E-state index in [0.717, 1.165) is 46.5 Å². The van der Waals surface area contributed by atoms with Crippen LogP contribution < -0.4 is 15.0 Å². The second-order valence-electron chi connectivity index (χ2n) is 9.60. The van der Waals surface area contributed by atoms with Gasteiger partial charge in [0.05, 0.1) is 36.3 Å². The Balaban J connectivity index is 1.24. The minimum Gasteiger partial charge on any atom is -0.496 e. The maximum atomic E-state index is 13.2. The van der Waals surface area contributed by atoms with Gasteiger partial charge < -0.3 is 24.2 Å². The van der Waals surface area contributed by atoms with Crippen LogP contribution in [0.1, 0.15) is 26.3 Å². The maximum Gasteiger partial charge on any atom is 0.257 e. The molecule has 11 heteroatoms. The molecule has 0 radical (unpaired) electrons. The molecule has 9 nitrogen and oxygen atoms in total. The number of methoxy groups -OCH3 is 1. The Hall–Kier alpha value is -3.12. The molecule has 2 amide bonds. The van der Waals surface area contributed by atoms with E-state index >= 15 is 0 Å². The lowest BCUT2D eigenvalue weighted by atomic mass is 10.1. The van der Waals surface area contributed by atoms with Crippen LogP contribution >= 0.6 is 23.1 Å². The first-order valence-corrected chi connectivity index (χ1v) is 14.6. The van der Waals surface area contributed by atoms with Crippen molar-refractivity contribution < 1.29 is 19.1 Å². The number of hydrogen-bond acceptors (Lipinski definition) is 9. The minimum atomic E-state index is -0.190. The van der Waals surface area contributed by atoms with Crippen molar-refractivity contribution in [2.24, 2.45) is 0 Å². The Morgan fingerprint density at radius 3 is 2.46 bits per heavy atom. The van der Waals surface area contributed by atoms with Gasteiger partial charge in [-0.3, -0.25) is 14.9 Å². The van der Waals surface area contributed by atoms with Gasteiger partial charge in [-0.25, -0.2) is 4.98 Å². The third-order valence-electron chi connectivity index (χ3n) is 6.94. The van der Waals surface area contributed by atoms with Gasteiger partial charge in [-0.05, 0) is 55.9 Å². The zero-order valence-electron chi connectivity index (χ0n) is 22.4. The summed E-state index contributed by atoms with van der Waals surface area (Å²) in [4.78, 5) is 37.9. The smallest absolute Gasteiger partial charge is 0.257 e. The molecule has 0 atom stereocenters. The topological polar surface area (TPSA) is 87.2 Å². The Kier molecular flexibility index (Phi) is 8.71. The third-order valence-corrected chi connectivity index (χ3v) is 9.11. The Labute approximate surface area is 237 Å². The van der Waals surface area contributed by atoms with E-state index in [1.54, 1.807) is 18.2 Å². The fourth-order valence-electron chi connectivity index (χ4n) is 4.57. The molecule has 2 aliphatic rings. The first-order chi connectivity index (χ1) is 18.9. The lowest BCUT2D eigenvalue weighted by Gasteiger charge is -2.34. The molecular formula is C28H33N5O4S2. The molecule has 39 heavy (non-hydrogen) atoms. The number of benzene rings is 2. The SMILES string of the molecule is COc1cc(C)c(Sc2cnc(NC(=O)c3ccc(N4CCN(C)CC4)cc3)s2)cc1C(=O)N1CCOCC1. The standard InChI is InChI=1S/C28H33N5O4S2/c1-19-16-23(36-3)22(27(35)33-12-14-37-15-13-33)17-24(19)38-25-18-29-28(39-25)30-26(34)20-4-6-21(7-5-20)32-10-8-31(2)9-11-32/h4-7,16-18H,8-15H2,1-3H3,(H,29,30,34). The number of aryl methyl sites for hydroxylation is 1. The number of ether oxygens (including phenoxy) is 2. The van der Waals surface area contributed by atoms with Crippen LogP contribution in [-0.2, 0) is 4.74 Å². The average molecular weight is 568 g/mol. The van der Waals surface area contributed by atoms with Crippen LogP contribution in [0.4, 0.5) is 10.8 Å². The molecule has 2 aliphatic heterocycles. The van der Waals surface area contributed by atoms with Crippen molar-refractivity contribution in [1.82, 2.24) is 14.8 Å². The normalized spacial score (nSPS) is 16.3.